The Balaban J connectivity index is 1.89. The van der Waals surface area contributed by atoms with Gasteiger partial charge in [0, 0.05) is 24.6 Å². The molecule has 0 aliphatic carbocycles. The highest BCUT2D eigenvalue weighted by molar-refractivity contribution is 6.30. The molecule has 0 unspecified atom stereocenters. The topological polar surface area (TPSA) is 124 Å². The molecule has 0 aliphatic rings. The van der Waals surface area contributed by atoms with Gasteiger partial charge in [-0.3, -0.25) is 14.3 Å². The van der Waals surface area contributed by atoms with E-state index in [1.54, 1.807) is 63.2 Å². The lowest BCUT2D eigenvalue weighted by Gasteiger charge is -2.22. The van der Waals surface area contributed by atoms with Crippen LogP contribution in [0.4, 0.5) is 5.69 Å². The Kier molecular flexibility index (Phi) is 6.49. The summed E-state index contributed by atoms with van der Waals surface area (Å²) in [6, 6.07) is 12.1. The van der Waals surface area contributed by atoms with Crippen LogP contribution in [0.1, 0.15) is 25.3 Å². The molecule has 0 amide bonds. The smallest absolute Gasteiger partial charge is 0.335 e. The Morgan fingerprint density at radius 2 is 1.89 bits per heavy atom. The van der Waals surface area contributed by atoms with E-state index in [0.29, 0.717) is 27.7 Å². The van der Waals surface area contributed by atoms with Crippen molar-refractivity contribution in [3.63, 3.8) is 0 Å². The van der Waals surface area contributed by atoms with E-state index >= 15 is 0 Å². The van der Waals surface area contributed by atoms with E-state index < -0.39 is 22.8 Å². The number of aromatic amines is 1. The Morgan fingerprint density at radius 1 is 1.17 bits per heavy atom. The van der Waals surface area contributed by atoms with Crippen LogP contribution in [0.2, 0.25) is 5.02 Å². The number of carbonyl (C=O) groups is 1. The molecule has 0 saturated carbocycles. The minimum atomic E-state index is -1.11. The molecule has 2 aromatic heterocycles. The summed E-state index contributed by atoms with van der Waals surface area (Å²) >= 11 is 6.00. The molecule has 2 heterocycles. The number of aryl methyl sites for hydroxylation is 1. The van der Waals surface area contributed by atoms with Crippen molar-refractivity contribution >= 4 is 34.4 Å². The fraction of sp³-hybridized carbons (Fsp3) is 0.292. The van der Waals surface area contributed by atoms with Crippen molar-refractivity contribution in [2.75, 3.05) is 7.11 Å². The van der Waals surface area contributed by atoms with Gasteiger partial charge in [0.25, 0.3) is 0 Å². The zero-order chi connectivity index (χ0) is 25.3. The summed E-state index contributed by atoms with van der Waals surface area (Å²) in [6.07, 6.45) is 0. The van der Waals surface area contributed by atoms with E-state index in [2.05, 4.69) is 15.0 Å². The lowest BCUT2D eigenvalue weighted by atomic mass is 9.94. The quantitative estimate of drug-likeness (QED) is 0.408. The summed E-state index contributed by atoms with van der Waals surface area (Å²) < 4.78 is 12.7. The average molecular weight is 498 g/mol. The third-order valence-electron chi connectivity index (χ3n) is 5.44. The fourth-order valence-corrected chi connectivity index (χ4v) is 3.78. The first-order valence-corrected chi connectivity index (χ1v) is 11.1. The number of esters is 1. The molecule has 0 saturated heterocycles. The highest BCUT2D eigenvalue weighted by Gasteiger charge is 2.31. The summed E-state index contributed by atoms with van der Waals surface area (Å²) in [5, 5.41) is 0.554. The summed E-state index contributed by atoms with van der Waals surface area (Å²) in [6.45, 7) is 4.86. The first kappa shape index (κ1) is 24.2. The van der Waals surface area contributed by atoms with Crippen molar-refractivity contribution in [2.24, 2.45) is 10.4 Å². The highest BCUT2D eigenvalue weighted by atomic mass is 35.5. The minimum Gasteiger partial charge on any atom is -0.469 e. The van der Waals surface area contributed by atoms with E-state index in [9.17, 15) is 14.4 Å². The number of methoxy groups -OCH3 is 1. The maximum absolute atomic E-state index is 13.5. The van der Waals surface area contributed by atoms with Crippen LogP contribution in [0.15, 0.2) is 61.5 Å². The van der Waals surface area contributed by atoms with Crippen LogP contribution in [0.25, 0.3) is 11.1 Å². The SMILES string of the molecule is COC(=O)C(C)(C)Cn1c(=O)[nH]/c(=N\c2ccc3nc(C)oc3c2)n(Cc2ccc(Cl)cc2)c1=O. The summed E-state index contributed by atoms with van der Waals surface area (Å²) in [4.78, 5) is 50.1. The number of nitrogens with one attached hydrogen (secondary N) is 1. The number of carbonyl (C=O) groups excluding carboxylic acids is 1. The molecular weight excluding hydrogens is 474 g/mol. The van der Waals surface area contributed by atoms with E-state index in [0.717, 1.165) is 10.1 Å². The molecule has 182 valence electrons. The fourth-order valence-electron chi connectivity index (χ4n) is 3.65. The van der Waals surface area contributed by atoms with Crippen LogP contribution in [-0.4, -0.2) is 32.2 Å². The highest BCUT2D eigenvalue weighted by Crippen LogP contribution is 2.21. The Labute approximate surface area is 204 Å². The van der Waals surface area contributed by atoms with Crippen molar-refractivity contribution in [2.45, 2.75) is 33.9 Å². The summed E-state index contributed by atoms with van der Waals surface area (Å²) in [7, 11) is 1.26. The third-order valence-corrected chi connectivity index (χ3v) is 5.69. The number of hydrogen-bond donors (Lipinski definition) is 1. The van der Waals surface area contributed by atoms with Crippen molar-refractivity contribution in [1.82, 2.24) is 19.1 Å². The molecule has 0 atom stereocenters. The Morgan fingerprint density at radius 3 is 2.57 bits per heavy atom. The first-order valence-electron chi connectivity index (χ1n) is 10.8. The molecule has 2 aromatic carbocycles. The number of rotatable bonds is 6. The molecule has 10 nitrogen and oxygen atoms in total. The Bertz CT molecular complexity index is 1590. The van der Waals surface area contributed by atoms with E-state index in [1.807, 2.05) is 0 Å². The maximum Gasteiger partial charge on any atom is 0.335 e. The van der Waals surface area contributed by atoms with E-state index in [1.165, 1.54) is 11.7 Å². The largest absolute Gasteiger partial charge is 0.469 e. The molecule has 0 spiro atoms. The van der Waals surface area contributed by atoms with Gasteiger partial charge in [-0.15, -0.1) is 0 Å². The van der Waals surface area contributed by atoms with Gasteiger partial charge in [-0.1, -0.05) is 23.7 Å². The third kappa shape index (κ3) is 5.12. The number of aromatic nitrogens is 4. The molecule has 0 aliphatic heterocycles. The van der Waals surface area contributed by atoms with Gasteiger partial charge in [0.2, 0.25) is 5.62 Å². The van der Waals surface area contributed by atoms with Crippen LogP contribution in [0, 0.1) is 12.3 Å². The van der Waals surface area contributed by atoms with Gasteiger partial charge in [-0.05, 0) is 43.7 Å². The molecular formula is C24H24ClN5O5. The van der Waals surface area contributed by atoms with Crippen molar-refractivity contribution in [3.05, 3.63) is 85.5 Å². The summed E-state index contributed by atoms with van der Waals surface area (Å²) in [5.74, 6) is -0.0309. The van der Waals surface area contributed by atoms with Gasteiger partial charge in [-0.25, -0.2) is 24.1 Å². The first-order chi connectivity index (χ1) is 16.6. The van der Waals surface area contributed by atoms with E-state index in [4.69, 9.17) is 20.8 Å². The number of oxazole rings is 1. The standard InChI is InChI=1S/C24H24ClN5O5/c1-14-26-18-10-9-17(11-19(18)35-14)27-21-28-22(32)30(13-24(2,3)20(31)34-4)23(33)29(21)12-15-5-7-16(25)8-6-15/h5-11H,12-13H2,1-4H3,(H,27,28,32). The monoisotopic (exact) mass is 497 g/mol. The van der Waals surface area contributed by atoms with Crippen molar-refractivity contribution in [1.29, 1.82) is 0 Å². The molecule has 11 heteroatoms. The van der Waals surface area contributed by atoms with Crippen LogP contribution in [0.3, 0.4) is 0 Å². The van der Waals surface area contributed by atoms with Gasteiger partial charge in [0.05, 0.1) is 24.8 Å². The molecule has 4 aromatic rings. The number of halogens is 1. The number of nitrogens with zero attached hydrogens (tertiary/aromatic N) is 4. The molecule has 35 heavy (non-hydrogen) atoms. The normalized spacial score (nSPS) is 12.3. The number of benzene rings is 2. The zero-order valence-corrected chi connectivity index (χ0v) is 20.4. The maximum atomic E-state index is 13.5. The van der Waals surface area contributed by atoms with Gasteiger partial charge < -0.3 is 9.15 Å². The predicted molar refractivity (Wildman–Crippen MR) is 130 cm³/mol. The molecule has 0 radical (unpaired) electrons. The minimum absolute atomic E-state index is 0.0395. The lowest BCUT2D eigenvalue weighted by molar-refractivity contribution is -0.151. The number of H-pyrrole nitrogens is 1. The number of hydrogen-bond acceptors (Lipinski definition) is 7. The molecule has 4 rings (SSSR count). The van der Waals surface area contributed by atoms with Crippen LogP contribution < -0.4 is 17.0 Å². The molecule has 0 fully saturated rings. The second-order valence-electron chi connectivity index (χ2n) is 8.71. The second kappa shape index (κ2) is 9.38. The van der Waals surface area contributed by atoms with E-state index in [-0.39, 0.29) is 18.7 Å². The van der Waals surface area contributed by atoms with Crippen molar-refractivity contribution < 1.29 is 13.9 Å². The second-order valence-corrected chi connectivity index (χ2v) is 9.14. The Hall–Kier alpha value is -3.92. The van der Waals surface area contributed by atoms with Gasteiger partial charge in [0.15, 0.2) is 11.5 Å². The zero-order valence-electron chi connectivity index (χ0n) is 19.7. The summed E-state index contributed by atoms with van der Waals surface area (Å²) in [5.41, 5.74) is 0.0231. The van der Waals surface area contributed by atoms with Crippen LogP contribution in [-0.2, 0) is 22.6 Å². The average Bonchev–Trinajstić information content (AvgIpc) is 3.19. The number of fused-ring (bicyclic) bond motifs is 1. The van der Waals surface area contributed by atoms with Crippen LogP contribution >= 0.6 is 11.6 Å². The molecule has 1 N–H and O–H groups in total. The van der Waals surface area contributed by atoms with Crippen LogP contribution in [0.5, 0.6) is 0 Å². The van der Waals surface area contributed by atoms with Gasteiger partial charge in [0.1, 0.15) is 5.52 Å². The number of ether oxygens (including phenoxy) is 1. The van der Waals surface area contributed by atoms with Gasteiger partial charge in [-0.2, -0.15) is 0 Å². The van der Waals surface area contributed by atoms with Crippen molar-refractivity contribution in [3.8, 4) is 0 Å². The van der Waals surface area contributed by atoms with Gasteiger partial charge >= 0.3 is 17.3 Å². The predicted octanol–water partition coefficient (Wildman–Crippen LogP) is 2.92. The lowest BCUT2D eigenvalue weighted by Crippen LogP contribution is -2.52. The molecule has 0 bridgehead atoms.